The Balaban J connectivity index is 2.31. The molecule has 0 unspecified atom stereocenters. The molecule has 0 fully saturated rings. The van der Waals surface area contributed by atoms with Crippen LogP contribution in [0, 0.1) is 34.1 Å². The summed E-state index contributed by atoms with van der Waals surface area (Å²) in [5, 5.41) is 24.2. The molecule has 1 N–H and O–H groups in total. The van der Waals surface area contributed by atoms with Crippen LogP contribution in [0.3, 0.4) is 0 Å². The second-order valence-corrected chi connectivity index (χ2v) is 4.92. The maximum atomic E-state index is 12.3. The molecule has 0 atom stereocenters. The van der Waals surface area contributed by atoms with Crippen LogP contribution in [0.5, 0.6) is 0 Å². The SMILES string of the molecule is Cc1cc([N+](=O)[O-])ccc1NC(=O)c1cccc([N+](=O)[O-])c1C. The predicted octanol–water partition coefficient (Wildman–Crippen LogP) is 3.37. The van der Waals surface area contributed by atoms with Crippen LogP contribution in [0.2, 0.25) is 0 Å². The molecule has 118 valence electrons. The van der Waals surface area contributed by atoms with Gasteiger partial charge in [-0.3, -0.25) is 25.0 Å². The number of hydrogen-bond donors (Lipinski definition) is 1. The number of benzene rings is 2. The zero-order chi connectivity index (χ0) is 17.1. The molecule has 0 aromatic heterocycles. The van der Waals surface area contributed by atoms with Crippen molar-refractivity contribution in [2.75, 3.05) is 5.32 Å². The standard InChI is InChI=1S/C15H13N3O5/c1-9-8-11(17(20)21)6-7-13(9)16-15(19)12-4-3-5-14(10(12)2)18(22)23/h3-8H,1-2H3,(H,16,19). The number of aryl methyl sites for hydroxylation is 1. The summed E-state index contributed by atoms with van der Waals surface area (Å²) in [5.74, 6) is -0.511. The molecule has 2 rings (SSSR count). The molecule has 2 aromatic carbocycles. The summed E-state index contributed by atoms with van der Waals surface area (Å²) >= 11 is 0. The van der Waals surface area contributed by atoms with Crippen molar-refractivity contribution in [3.8, 4) is 0 Å². The number of nitrogens with zero attached hydrogens (tertiary/aromatic N) is 2. The number of nitro benzene ring substituents is 2. The van der Waals surface area contributed by atoms with Crippen LogP contribution in [0.25, 0.3) is 0 Å². The number of nitro groups is 2. The number of carbonyl (C=O) groups is 1. The van der Waals surface area contributed by atoms with Gasteiger partial charge in [0.2, 0.25) is 0 Å². The van der Waals surface area contributed by atoms with Crippen LogP contribution in [0.4, 0.5) is 17.1 Å². The van der Waals surface area contributed by atoms with Gasteiger partial charge in [0, 0.05) is 35.0 Å². The van der Waals surface area contributed by atoms with Gasteiger partial charge in [0.1, 0.15) is 0 Å². The zero-order valence-corrected chi connectivity index (χ0v) is 12.4. The number of amides is 1. The third-order valence-corrected chi connectivity index (χ3v) is 3.42. The van der Waals surface area contributed by atoms with E-state index in [1.54, 1.807) is 6.92 Å². The van der Waals surface area contributed by atoms with Crippen LogP contribution in [0.15, 0.2) is 36.4 Å². The molecule has 0 bridgehead atoms. The maximum absolute atomic E-state index is 12.3. The van der Waals surface area contributed by atoms with E-state index < -0.39 is 15.8 Å². The molecule has 1 amide bonds. The van der Waals surface area contributed by atoms with Crippen LogP contribution >= 0.6 is 0 Å². The fraction of sp³-hybridized carbons (Fsp3) is 0.133. The largest absolute Gasteiger partial charge is 0.322 e. The quantitative estimate of drug-likeness (QED) is 0.686. The Morgan fingerprint density at radius 3 is 2.30 bits per heavy atom. The Hall–Kier alpha value is -3.29. The van der Waals surface area contributed by atoms with Crippen LogP contribution in [-0.2, 0) is 0 Å². The number of nitrogens with one attached hydrogen (secondary N) is 1. The summed E-state index contributed by atoms with van der Waals surface area (Å²) in [6, 6.07) is 8.29. The molecule has 0 saturated heterocycles. The smallest absolute Gasteiger partial charge is 0.273 e. The van der Waals surface area contributed by atoms with E-state index in [1.807, 2.05) is 0 Å². The minimum absolute atomic E-state index is 0.0768. The lowest BCUT2D eigenvalue weighted by atomic mass is 10.1. The Labute approximate surface area is 131 Å². The van der Waals surface area contributed by atoms with E-state index in [4.69, 9.17) is 0 Å². The Morgan fingerprint density at radius 1 is 1.04 bits per heavy atom. The number of anilines is 1. The molecule has 0 aliphatic carbocycles. The Kier molecular flexibility index (Phi) is 4.35. The highest BCUT2D eigenvalue weighted by Crippen LogP contribution is 2.24. The van der Waals surface area contributed by atoms with Crippen molar-refractivity contribution in [1.29, 1.82) is 0 Å². The first kappa shape index (κ1) is 16.1. The molecule has 8 nitrogen and oxygen atoms in total. The minimum atomic E-state index is -0.552. The van der Waals surface area contributed by atoms with E-state index in [2.05, 4.69) is 5.32 Å². The molecular formula is C15H13N3O5. The van der Waals surface area contributed by atoms with Crippen LogP contribution < -0.4 is 5.32 Å². The highest BCUT2D eigenvalue weighted by Gasteiger charge is 2.18. The first-order valence-electron chi connectivity index (χ1n) is 6.61. The van der Waals surface area contributed by atoms with Crippen molar-refractivity contribution in [3.05, 3.63) is 73.3 Å². The Bertz CT molecular complexity index is 817. The topological polar surface area (TPSA) is 115 Å². The lowest BCUT2D eigenvalue weighted by Gasteiger charge is -2.10. The van der Waals surface area contributed by atoms with E-state index in [9.17, 15) is 25.0 Å². The number of carbonyl (C=O) groups excluding carboxylic acids is 1. The van der Waals surface area contributed by atoms with Gasteiger partial charge < -0.3 is 5.32 Å². The molecule has 0 aliphatic heterocycles. The van der Waals surface area contributed by atoms with Crippen molar-refractivity contribution in [1.82, 2.24) is 0 Å². The second-order valence-electron chi connectivity index (χ2n) is 4.92. The number of hydrogen-bond acceptors (Lipinski definition) is 5. The number of non-ortho nitro benzene ring substituents is 1. The first-order valence-corrected chi connectivity index (χ1v) is 6.61. The van der Waals surface area contributed by atoms with Gasteiger partial charge in [0.15, 0.2) is 0 Å². The molecular weight excluding hydrogens is 302 g/mol. The highest BCUT2D eigenvalue weighted by atomic mass is 16.6. The summed E-state index contributed by atoms with van der Waals surface area (Å²) in [6.07, 6.45) is 0. The maximum Gasteiger partial charge on any atom is 0.273 e. The van der Waals surface area contributed by atoms with Gasteiger partial charge in [-0.1, -0.05) is 6.07 Å². The molecule has 23 heavy (non-hydrogen) atoms. The summed E-state index contributed by atoms with van der Waals surface area (Å²) in [4.78, 5) is 32.9. The predicted molar refractivity (Wildman–Crippen MR) is 83.6 cm³/mol. The molecule has 0 heterocycles. The van der Waals surface area contributed by atoms with Crippen molar-refractivity contribution in [3.63, 3.8) is 0 Å². The van der Waals surface area contributed by atoms with Crippen molar-refractivity contribution in [2.45, 2.75) is 13.8 Å². The van der Waals surface area contributed by atoms with E-state index in [0.29, 0.717) is 11.3 Å². The van der Waals surface area contributed by atoms with Gasteiger partial charge in [-0.05, 0) is 31.5 Å². The number of rotatable bonds is 4. The third-order valence-electron chi connectivity index (χ3n) is 3.42. The summed E-state index contributed by atoms with van der Waals surface area (Å²) in [7, 11) is 0. The monoisotopic (exact) mass is 315 g/mol. The fourth-order valence-corrected chi connectivity index (χ4v) is 2.16. The average molecular weight is 315 g/mol. The van der Waals surface area contributed by atoms with Crippen molar-refractivity contribution in [2.24, 2.45) is 0 Å². The average Bonchev–Trinajstić information content (AvgIpc) is 2.48. The minimum Gasteiger partial charge on any atom is -0.322 e. The summed E-state index contributed by atoms with van der Waals surface area (Å²) < 4.78 is 0. The molecule has 2 aromatic rings. The lowest BCUT2D eigenvalue weighted by molar-refractivity contribution is -0.385. The van der Waals surface area contributed by atoms with Gasteiger partial charge in [-0.15, -0.1) is 0 Å². The van der Waals surface area contributed by atoms with Gasteiger partial charge in [0.25, 0.3) is 17.3 Å². The molecule has 0 saturated carbocycles. The van der Waals surface area contributed by atoms with E-state index in [-0.39, 0.29) is 22.5 Å². The normalized spacial score (nSPS) is 10.2. The zero-order valence-electron chi connectivity index (χ0n) is 12.4. The molecule has 8 heteroatoms. The van der Waals surface area contributed by atoms with E-state index in [1.165, 1.54) is 43.3 Å². The summed E-state index contributed by atoms with van der Waals surface area (Å²) in [5.41, 5.74) is 1.15. The second kappa shape index (κ2) is 6.22. The third kappa shape index (κ3) is 3.31. The van der Waals surface area contributed by atoms with Crippen LogP contribution in [0.1, 0.15) is 21.5 Å². The van der Waals surface area contributed by atoms with Crippen molar-refractivity contribution >= 4 is 23.0 Å². The first-order chi connectivity index (χ1) is 10.8. The highest BCUT2D eigenvalue weighted by molar-refractivity contribution is 6.06. The van der Waals surface area contributed by atoms with Gasteiger partial charge in [-0.2, -0.15) is 0 Å². The lowest BCUT2D eigenvalue weighted by Crippen LogP contribution is -2.15. The molecule has 0 radical (unpaired) electrons. The van der Waals surface area contributed by atoms with E-state index in [0.717, 1.165) is 0 Å². The van der Waals surface area contributed by atoms with Gasteiger partial charge in [0.05, 0.1) is 9.85 Å². The van der Waals surface area contributed by atoms with Crippen molar-refractivity contribution < 1.29 is 14.6 Å². The Morgan fingerprint density at radius 2 is 1.74 bits per heavy atom. The van der Waals surface area contributed by atoms with E-state index >= 15 is 0 Å². The van der Waals surface area contributed by atoms with Gasteiger partial charge in [-0.25, -0.2) is 0 Å². The molecule has 0 spiro atoms. The molecule has 0 aliphatic rings. The fourth-order valence-electron chi connectivity index (χ4n) is 2.16. The van der Waals surface area contributed by atoms with Crippen LogP contribution in [-0.4, -0.2) is 15.8 Å². The van der Waals surface area contributed by atoms with Gasteiger partial charge >= 0.3 is 0 Å². The summed E-state index contributed by atoms with van der Waals surface area (Å²) in [6.45, 7) is 3.12.